The molecule has 0 bridgehead atoms. The maximum absolute atomic E-state index is 10.9. The number of carboxylic acid groups (broad SMARTS) is 4. The molecule has 0 aliphatic carbocycles. The first-order chi connectivity index (χ1) is 19.1. The van der Waals surface area contributed by atoms with Crippen LogP contribution < -0.4 is 43.4 Å². The fraction of sp³-hybridized carbons (Fsp3) is 0.273. The highest BCUT2D eigenvalue weighted by atomic mass is 79.9. The van der Waals surface area contributed by atoms with Crippen LogP contribution in [0.3, 0.4) is 0 Å². The van der Waals surface area contributed by atoms with Crippen molar-refractivity contribution < 1.29 is 62.5 Å². The molecular formula is C22H24Br8N4O8. The zero-order valence-electron chi connectivity index (χ0n) is 21.7. The summed E-state index contributed by atoms with van der Waals surface area (Å²) in [6.07, 6.45) is 0. The summed E-state index contributed by atoms with van der Waals surface area (Å²) < 4.78 is 1.74. The van der Waals surface area contributed by atoms with Gasteiger partial charge in [-0.2, -0.15) is 0 Å². The fourth-order valence-corrected chi connectivity index (χ4v) is 6.91. The van der Waals surface area contributed by atoms with Gasteiger partial charge in [0.2, 0.25) is 0 Å². The summed E-state index contributed by atoms with van der Waals surface area (Å²) in [5, 5.41) is 43.5. The molecule has 0 aliphatic heterocycles. The summed E-state index contributed by atoms with van der Waals surface area (Å²) in [5.74, 6) is -6.44. The number of quaternary nitrogens is 4. The molecule has 2 rings (SSSR count). The highest BCUT2D eigenvalue weighted by Crippen LogP contribution is 2.42. The topological polar surface area (TPSA) is 271 Å². The van der Waals surface area contributed by atoms with Crippen molar-refractivity contribution in [3.8, 4) is 0 Å². The molecule has 0 saturated heterocycles. The summed E-state index contributed by atoms with van der Waals surface area (Å²) in [6.45, 7) is 5.99. The van der Waals surface area contributed by atoms with E-state index in [1.165, 1.54) is 0 Å². The normalized spacial score (nSPS) is 11.4. The second kappa shape index (κ2) is 20.9. The van der Waals surface area contributed by atoms with Gasteiger partial charge >= 0.3 is 0 Å². The van der Waals surface area contributed by atoms with Crippen molar-refractivity contribution in [1.82, 2.24) is 0 Å². The number of hydrogen-bond donors (Lipinski definition) is 4. The molecule has 0 aromatic heterocycles. The average Bonchev–Trinajstić information content (AvgIpc) is 2.90. The van der Waals surface area contributed by atoms with Crippen molar-refractivity contribution in [3.05, 3.63) is 58.0 Å². The van der Waals surface area contributed by atoms with Gasteiger partial charge in [0.1, 0.15) is 25.2 Å². The van der Waals surface area contributed by atoms with E-state index in [0.29, 0.717) is 30.0 Å². The minimum absolute atomic E-state index is 0.0711. The predicted octanol–water partition coefficient (Wildman–Crippen LogP) is -1.36. The molecule has 0 amide bonds. The third-order valence-corrected chi connectivity index (χ3v) is 13.9. The van der Waals surface area contributed by atoms with Crippen molar-refractivity contribution >= 4 is 151 Å². The van der Waals surface area contributed by atoms with Gasteiger partial charge in [0.05, 0.1) is 23.9 Å². The molecule has 0 aliphatic rings. The van der Waals surface area contributed by atoms with Gasteiger partial charge in [-0.15, -0.1) is 0 Å². The standard InChI is InChI=1S/2C8H2Br4O4.2C3H10N2/c2*9-3-1(7(13)14)2(8(15)16)4(10)6(12)5(3)11;2*1-3(5)2-4/h2*(H,13,14)(H,15,16);2*3H,2,4-5H2,1H3. The molecule has 0 spiro atoms. The molecule has 2 aromatic carbocycles. The Balaban J connectivity index is 0. The minimum atomic E-state index is -1.61. The number of carbonyl (C=O) groups excluding carboxylic acids is 4. The average molecular weight is 1110 g/mol. The lowest BCUT2D eigenvalue weighted by atomic mass is 10.1. The SMILES string of the molecule is CC([NH3+])C[NH3+].CC([NH3+])C[NH3+].O=C([O-])c1c(Br)c(Br)c(Br)c(Br)c1C(=O)[O-].O=C([O-])c1c(Br)c(Br)c(Br)c(Br)c1C(=O)[O-]. The van der Waals surface area contributed by atoms with E-state index in [4.69, 9.17) is 0 Å². The Kier molecular flexibility index (Phi) is 22.0. The molecule has 42 heavy (non-hydrogen) atoms. The zero-order valence-corrected chi connectivity index (χ0v) is 34.4. The van der Waals surface area contributed by atoms with E-state index < -0.39 is 46.1 Å². The molecule has 236 valence electrons. The third kappa shape index (κ3) is 13.2. The first kappa shape index (κ1) is 44.1. The Morgan fingerprint density at radius 2 is 0.595 bits per heavy atom. The monoisotopic (exact) mass is 1100 g/mol. The van der Waals surface area contributed by atoms with Crippen LogP contribution in [-0.4, -0.2) is 49.1 Å². The van der Waals surface area contributed by atoms with E-state index in [0.717, 1.165) is 13.1 Å². The van der Waals surface area contributed by atoms with Crippen molar-refractivity contribution in [2.45, 2.75) is 25.9 Å². The molecule has 0 saturated carbocycles. The molecular weight excluding hydrogens is 1090 g/mol. The van der Waals surface area contributed by atoms with E-state index in [2.05, 4.69) is 150 Å². The maximum atomic E-state index is 10.9. The van der Waals surface area contributed by atoms with Gasteiger partial charge in [0.25, 0.3) is 0 Å². The van der Waals surface area contributed by atoms with Gasteiger partial charge < -0.3 is 62.5 Å². The number of carbonyl (C=O) groups is 4. The first-order valence-electron chi connectivity index (χ1n) is 10.9. The molecule has 0 radical (unpaired) electrons. The second-order valence-electron chi connectivity index (χ2n) is 7.95. The summed E-state index contributed by atoms with van der Waals surface area (Å²) in [4.78, 5) is 43.5. The molecule has 12 N–H and O–H groups in total. The number of halogens is 8. The minimum Gasteiger partial charge on any atom is -0.545 e. The summed E-state index contributed by atoms with van der Waals surface area (Å²) in [5.41, 5.74) is 12.7. The Morgan fingerprint density at radius 3 is 0.667 bits per heavy atom. The van der Waals surface area contributed by atoms with Crippen LogP contribution in [0.1, 0.15) is 55.3 Å². The van der Waals surface area contributed by atoms with E-state index >= 15 is 0 Å². The highest BCUT2D eigenvalue weighted by Gasteiger charge is 2.21. The van der Waals surface area contributed by atoms with Crippen molar-refractivity contribution in [3.63, 3.8) is 0 Å². The van der Waals surface area contributed by atoms with Crippen LogP contribution in [0, 0.1) is 0 Å². The smallest absolute Gasteiger partial charge is 0.131 e. The molecule has 2 atom stereocenters. The van der Waals surface area contributed by atoms with Crippen LogP contribution in [0.15, 0.2) is 35.8 Å². The van der Waals surface area contributed by atoms with E-state index in [1.807, 2.05) is 13.8 Å². The van der Waals surface area contributed by atoms with Crippen molar-refractivity contribution in [2.75, 3.05) is 13.1 Å². The lowest BCUT2D eigenvalue weighted by Crippen LogP contribution is -2.71. The molecule has 12 nitrogen and oxygen atoms in total. The number of aromatic carboxylic acids is 4. The van der Waals surface area contributed by atoms with E-state index in [9.17, 15) is 39.6 Å². The van der Waals surface area contributed by atoms with Gasteiger partial charge in [0, 0.05) is 58.0 Å². The van der Waals surface area contributed by atoms with Crippen LogP contribution in [-0.2, 0) is 0 Å². The van der Waals surface area contributed by atoms with Gasteiger partial charge in [-0.05, 0) is 141 Å². The zero-order chi connectivity index (χ0) is 33.8. The molecule has 20 heteroatoms. The Bertz CT molecular complexity index is 1140. The molecule has 2 unspecified atom stereocenters. The predicted molar refractivity (Wildman–Crippen MR) is 172 cm³/mol. The van der Waals surface area contributed by atoms with Crippen LogP contribution in [0.2, 0.25) is 0 Å². The van der Waals surface area contributed by atoms with Crippen molar-refractivity contribution in [2.24, 2.45) is 0 Å². The van der Waals surface area contributed by atoms with Crippen LogP contribution >= 0.6 is 127 Å². The van der Waals surface area contributed by atoms with E-state index in [1.54, 1.807) is 0 Å². The lowest BCUT2D eigenvalue weighted by Gasteiger charge is -2.18. The first-order valence-corrected chi connectivity index (χ1v) is 17.3. The number of hydrogen-bond acceptors (Lipinski definition) is 8. The van der Waals surface area contributed by atoms with Gasteiger partial charge in [-0.3, -0.25) is 0 Å². The Labute approximate surface area is 307 Å². The van der Waals surface area contributed by atoms with Crippen LogP contribution in [0.25, 0.3) is 0 Å². The van der Waals surface area contributed by atoms with Crippen LogP contribution in [0.4, 0.5) is 0 Å². The van der Waals surface area contributed by atoms with Crippen LogP contribution in [0.5, 0.6) is 0 Å². The highest BCUT2D eigenvalue weighted by molar-refractivity contribution is 9.15. The summed E-state index contributed by atoms with van der Waals surface area (Å²) in [6, 6.07) is 1.05. The third-order valence-electron chi connectivity index (χ3n) is 4.34. The van der Waals surface area contributed by atoms with Crippen molar-refractivity contribution in [1.29, 1.82) is 0 Å². The Hall–Kier alpha value is -0.000000000000000222. The molecule has 0 fully saturated rings. The number of carboxylic acids is 4. The number of rotatable bonds is 6. The quantitative estimate of drug-likeness (QED) is 0.198. The Morgan fingerprint density at radius 1 is 0.476 bits per heavy atom. The molecule has 0 heterocycles. The summed E-state index contributed by atoms with van der Waals surface area (Å²) in [7, 11) is 0. The van der Waals surface area contributed by atoms with Gasteiger partial charge in [0.15, 0.2) is 0 Å². The van der Waals surface area contributed by atoms with Gasteiger partial charge in [-0.1, -0.05) is 0 Å². The van der Waals surface area contributed by atoms with Gasteiger partial charge in [-0.25, -0.2) is 0 Å². The van der Waals surface area contributed by atoms with E-state index in [-0.39, 0.29) is 17.9 Å². The number of benzene rings is 2. The lowest BCUT2D eigenvalue weighted by molar-refractivity contribution is -0.488. The second-order valence-corrected chi connectivity index (χ2v) is 14.3. The fourth-order valence-electron chi connectivity index (χ4n) is 2.03. The molecule has 2 aromatic rings. The summed E-state index contributed by atoms with van der Waals surface area (Å²) >= 11 is 24.3. The maximum Gasteiger partial charge on any atom is 0.131 e. The largest absolute Gasteiger partial charge is 0.545 e.